The van der Waals surface area contributed by atoms with Gasteiger partial charge in [-0.25, -0.2) is 13.4 Å². The first-order valence-corrected chi connectivity index (χ1v) is 8.20. The van der Waals surface area contributed by atoms with Crippen LogP contribution in [0.1, 0.15) is 19.0 Å². The van der Waals surface area contributed by atoms with Crippen LogP contribution in [-0.2, 0) is 14.8 Å². The number of halogens is 1. The first kappa shape index (κ1) is 14.2. The molecular weight excluding hydrogens is 296 g/mol. The molecule has 8 heteroatoms. The summed E-state index contributed by atoms with van der Waals surface area (Å²) in [6.45, 7) is 4.13. The van der Waals surface area contributed by atoms with E-state index in [0.29, 0.717) is 18.7 Å². The summed E-state index contributed by atoms with van der Waals surface area (Å²) in [6, 6.07) is -0.129. The highest BCUT2D eigenvalue weighted by Gasteiger charge is 2.37. The van der Waals surface area contributed by atoms with Crippen molar-refractivity contribution in [2.24, 2.45) is 0 Å². The second-order valence-electron chi connectivity index (χ2n) is 4.29. The molecule has 102 valence electrons. The number of likely N-dealkylation sites (N-methyl/N-ethyl adjacent to an activating group) is 1. The summed E-state index contributed by atoms with van der Waals surface area (Å²) >= 11 is 6.76. The molecule has 0 bridgehead atoms. The molecule has 2 atom stereocenters. The molecule has 1 fully saturated rings. The number of sulfonamides is 1. The van der Waals surface area contributed by atoms with Gasteiger partial charge in [0.2, 0.25) is 0 Å². The molecular formula is C10H15ClN2O3S2. The van der Waals surface area contributed by atoms with E-state index in [2.05, 4.69) is 4.98 Å². The van der Waals surface area contributed by atoms with Crippen LogP contribution in [0.25, 0.3) is 0 Å². The molecule has 0 spiro atoms. The molecule has 18 heavy (non-hydrogen) atoms. The minimum atomic E-state index is -3.54. The first-order valence-electron chi connectivity index (χ1n) is 5.56. The molecule has 1 aromatic rings. The Labute approximate surface area is 116 Å². The van der Waals surface area contributed by atoms with Crippen molar-refractivity contribution >= 4 is 33.0 Å². The molecule has 5 nitrogen and oxygen atoms in total. The van der Waals surface area contributed by atoms with E-state index in [0.717, 1.165) is 11.3 Å². The van der Waals surface area contributed by atoms with Gasteiger partial charge < -0.3 is 4.74 Å². The standard InChI is InChI=1S/C10H15ClN2O3S2/c1-6-9(17-10(11)12-6)18(14,15)13(3)8-4-5-16-7(8)2/h7-8H,4-5H2,1-3H3. The average Bonchev–Trinajstić information content (AvgIpc) is 2.83. The van der Waals surface area contributed by atoms with E-state index < -0.39 is 10.0 Å². The summed E-state index contributed by atoms with van der Waals surface area (Å²) in [4.78, 5) is 3.95. The van der Waals surface area contributed by atoms with Crippen LogP contribution in [-0.4, -0.2) is 43.5 Å². The smallest absolute Gasteiger partial charge is 0.254 e. The summed E-state index contributed by atoms with van der Waals surface area (Å²) in [5, 5.41) is 0. The third-order valence-corrected chi connectivity index (χ3v) is 6.88. The molecule has 0 saturated carbocycles. The Morgan fingerprint density at radius 2 is 2.22 bits per heavy atom. The van der Waals surface area contributed by atoms with Gasteiger partial charge in [0.15, 0.2) is 8.68 Å². The number of rotatable bonds is 3. The quantitative estimate of drug-likeness (QED) is 0.855. The molecule has 1 aliphatic rings. The van der Waals surface area contributed by atoms with Gasteiger partial charge in [-0.3, -0.25) is 0 Å². The van der Waals surface area contributed by atoms with Crippen molar-refractivity contribution in [2.75, 3.05) is 13.7 Å². The van der Waals surface area contributed by atoms with Crippen molar-refractivity contribution in [1.82, 2.24) is 9.29 Å². The maximum atomic E-state index is 12.5. The minimum Gasteiger partial charge on any atom is -0.377 e. The van der Waals surface area contributed by atoms with E-state index in [9.17, 15) is 8.42 Å². The van der Waals surface area contributed by atoms with E-state index in [1.54, 1.807) is 14.0 Å². The summed E-state index contributed by atoms with van der Waals surface area (Å²) in [5.74, 6) is 0. The lowest BCUT2D eigenvalue weighted by Gasteiger charge is -2.25. The predicted molar refractivity (Wildman–Crippen MR) is 70.6 cm³/mol. The molecule has 0 aromatic carbocycles. The van der Waals surface area contributed by atoms with Gasteiger partial charge in [0.25, 0.3) is 10.0 Å². The SMILES string of the molecule is Cc1nc(Cl)sc1S(=O)(=O)N(C)C1CCOC1C. The van der Waals surface area contributed by atoms with Crippen molar-refractivity contribution in [3.05, 3.63) is 10.2 Å². The Kier molecular flexibility index (Phi) is 3.99. The molecule has 2 heterocycles. The molecule has 1 aromatic heterocycles. The maximum absolute atomic E-state index is 12.5. The molecule has 2 rings (SSSR count). The highest BCUT2D eigenvalue weighted by molar-refractivity contribution is 7.91. The number of ether oxygens (including phenoxy) is 1. The van der Waals surface area contributed by atoms with Crippen molar-refractivity contribution < 1.29 is 13.2 Å². The van der Waals surface area contributed by atoms with Crippen LogP contribution in [0, 0.1) is 6.92 Å². The van der Waals surface area contributed by atoms with Crippen molar-refractivity contribution in [3.63, 3.8) is 0 Å². The molecule has 1 saturated heterocycles. The van der Waals surface area contributed by atoms with Gasteiger partial charge in [0.05, 0.1) is 17.8 Å². The zero-order valence-corrected chi connectivity index (χ0v) is 12.8. The highest BCUT2D eigenvalue weighted by atomic mass is 35.5. The lowest BCUT2D eigenvalue weighted by molar-refractivity contribution is 0.102. The van der Waals surface area contributed by atoms with Gasteiger partial charge in [-0.1, -0.05) is 22.9 Å². The van der Waals surface area contributed by atoms with Gasteiger partial charge in [-0.05, 0) is 20.3 Å². The number of hydrogen-bond acceptors (Lipinski definition) is 5. The number of aryl methyl sites for hydroxylation is 1. The first-order chi connectivity index (χ1) is 8.34. The minimum absolute atomic E-state index is 0.0894. The fourth-order valence-electron chi connectivity index (χ4n) is 2.10. The van der Waals surface area contributed by atoms with E-state index in [1.165, 1.54) is 4.31 Å². The van der Waals surface area contributed by atoms with E-state index in [1.807, 2.05) is 6.92 Å². The third kappa shape index (κ3) is 2.42. The monoisotopic (exact) mass is 310 g/mol. The average molecular weight is 311 g/mol. The Bertz CT molecular complexity index is 543. The van der Waals surface area contributed by atoms with Crippen LogP contribution < -0.4 is 0 Å². The van der Waals surface area contributed by atoms with Gasteiger partial charge >= 0.3 is 0 Å². The summed E-state index contributed by atoms with van der Waals surface area (Å²) in [7, 11) is -1.96. The van der Waals surface area contributed by atoms with Crippen LogP contribution in [0.15, 0.2) is 4.21 Å². The largest absolute Gasteiger partial charge is 0.377 e. The Balaban J connectivity index is 2.34. The van der Waals surface area contributed by atoms with Crippen LogP contribution in [0.3, 0.4) is 0 Å². The lowest BCUT2D eigenvalue weighted by Crippen LogP contribution is -2.40. The van der Waals surface area contributed by atoms with Gasteiger partial charge in [0, 0.05) is 13.7 Å². The summed E-state index contributed by atoms with van der Waals surface area (Å²) in [6.07, 6.45) is 0.621. The number of hydrogen-bond donors (Lipinski definition) is 0. The van der Waals surface area contributed by atoms with E-state index >= 15 is 0 Å². The zero-order chi connectivity index (χ0) is 13.5. The normalized spacial score (nSPS) is 24.9. The van der Waals surface area contributed by atoms with Crippen LogP contribution in [0.4, 0.5) is 0 Å². The molecule has 0 radical (unpaired) electrons. The fraction of sp³-hybridized carbons (Fsp3) is 0.700. The molecule has 0 amide bonds. The van der Waals surface area contributed by atoms with Gasteiger partial charge in [0.1, 0.15) is 0 Å². The zero-order valence-electron chi connectivity index (χ0n) is 10.4. The summed E-state index contributed by atoms with van der Waals surface area (Å²) in [5.41, 5.74) is 0.448. The van der Waals surface area contributed by atoms with Gasteiger partial charge in [-0.15, -0.1) is 0 Å². The van der Waals surface area contributed by atoms with Crippen LogP contribution in [0.5, 0.6) is 0 Å². The second kappa shape index (κ2) is 5.05. The number of thiazole rings is 1. The Morgan fingerprint density at radius 3 is 2.67 bits per heavy atom. The molecule has 0 aliphatic carbocycles. The highest BCUT2D eigenvalue weighted by Crippen LogP contribution is 2.31. The summed E-state index contributed by atoms with van der Waals surface area (Å²) < 4.78 is 32.2. The third-order valence-electron chi connectivity index (χ3n) is 3.14. The maximum Gasteiger partial charge on any atom is 0.254 e. The topological polar surface area (TPSA) is 59.5 Å². The molecule has 2 unspecified atom stereocenters. The van der Waals surface area contributed by atoms with Crippen LogP contribution in [0.2, 0.25) is 4.47 Å². The van der Waals surface area contributed by atoms with Crippen molar-refractivity contribution in [3.8, 4) is 0 Å². The number of aromatic nitrogens is 1. The molecule has 0 N–H and O–H groups in total. The molecule has 1 aliphatic heterocycles. The fourth-order valence-corrected chi connectivity index (χ4v) is 5.45. The van der Waals surface area contributed by atoms with Crippen molar-refractivity contribution in [2.45, 2.75) is 36.6 Å². The second-order valence-corrected chi connectivity index (χ2v) is 8.07. The lowest BCUT2D eigenvalue weighted by atomic mass is 10.2. The van der Waals surface area contributed by atoms with Crippen LogP contribution >= 0.6 is 22.9 Å². The van der Waals surface area contributed by atoms with Crippen molar-refractivity contribution in [1.29, 1.82) is 0 Å². The van der Waals surface area contributed by atoms with Gasteiger partial charge in [-0.2, -0.15) is 4.31 Å². The number of nitrogens with zero attached hydrogens (tertiary/aromatic N) is 2. The Hall–Kier alpha value is -0.210. The Morgan fingerprint density at radius 1 is 1.56 bits per heavy atom. The van der Waals surface area contributed by atoms with E-state index in [-0.39, 0.29) is 20.8 Å². The predicted octanol–water partition coefficient (Wildman–Crippen LogP) is 1.90. The van der Waals surface area contributed by atoms with E-state index in [4.69, 9.17) is 16.3 Å².